The van der Waals surface area contributed by atoms with Crippen LogP contribution in [-0.2, 0) is 0 Å². The normalized spacial score (nSPS) is 9.90. The van der Waals surface area contributed by atoms with Gasteiger partial charge in [0.15, 0.2) is 0 Å². The van der Waals surface area contributed by atoms with Crippen LogP contribution in [0.25, 0.3) is 0 Å². The Hall–Kier alpha value is -2.94. The molecule has 0 atom stereocenters. The third-order valence-corrected chi connectivity index (χ3v) is 3.02. The molecule has 0 saturated carbocycles. The Kier molecular flexibility index (Phi) is 4.46. The Bertz CT molecular complexity index is 680. The Balaban J connectivity index is 2.42. The highest BCUT2D eigenvalue weighted by Crippen LogP contribution is 2.28. The molecule has 0 N–H and O–H groups in total. The molecule has 0 aliphatic carbocycles. The van der Waals surface area contributed by atoms with Crippen molar-refractivity contribution in [1.82, 2.24) is 4.98 Å². The molecule has 0 bridgehead atoms. The number of aryl methyl sites for hydroxylation is 1. The summed E-state index contributed by atoms with van der Waals surface area (Å²) < 4.78 is 0. The van der Waals surface area contributed by atoms with Crippen molar-refractivity contribution in [3.63, 3.8) is 0 Å². The van der Waals surface area contributed by atoms with E-state index in [0.29, 0.717) is 24.3 Å². The number of benzene rings is 1. The molecule has 0 fully saturated rings. The first kappa shape index (κ1) is 14.5. The van der Waals surface area contributed by atoms with Gasteiger partial charge in [-0.15, -0.1) is 0 Å². The van der Waals surface area contributed by atoms with Crippen LogP contribution in [0.15, 0.2) is 42.6 Å². The highest BCUT2D eigenvalue weighted by molar-refractivity contribution is 5.63. The van der Waals surface area contributed by atoms with E-state index in [1.54, 1.807) is 6.92 Å². The lowest BCUT2D eigenvalue weighted by molar-refractivity contribution is -0.385. The second kappa shape index (κ2) is 6.48. The standard InChI is InChI=1S/C15H14N4O2/c1-12-10-14(19(20)21)11-17-15(12)18(9-5-8-16)13-6-3-2-4-7-13/h2-4,6-7,10-11H,5,9H2,1H3. The molecule has 2 aromatic rings. The van der Waals surface area contributed by atoms with Gasteiger partial charge in [-0.25, -0.2) is 4.98 Å². The monoisotopic (exact) mass is 282 g/mol. The third kappa shape index (κ3) is 3.34. The van der Waals surface area contributed by atoms with E-state index in [2.05, 4.69) is 11.1 Å². The summed E-state index contributed by atoms with van der Waals surface area (Å²) in [5, 5.41) is 19.6. The number of pyridine rings is 1. The maximum Gasteiger partial charge on any atom is 0.287 e. The molecule has 6 heteroatoms. The summed E-state index contributed by atoms with van der Waals surface area (Å²) in [6.45, 7) is 2.25. The van der Waals surface area contributed by atoms with Crippen molar-refractivity contribution in [1.29, 1.82) is 5.26 Å². The van der Waals surface area contributed by atoms with Crippen LogP contribution in [0.3, 0.4) is 0 Å². The lowest BCUT2D eigenvalue weighted by Gasteiger charge is -2.24. The molecule has 1 aromatic heterocycles. The van der Waals surface area contributed by atoms with Crippen molar-refractivity contribution in [3.8, 4) is 6.07 Å². The van der Waals surface area contributed by atoms with Crippen LogP contribution in [0, 0.1) is 28.4 Å². The van der Waals surface area contributed by atoms with Crippen LogP contribution < -0.4 is 4.90 Å². The van der Waals surface area contributed by atoms with E-state index in [0.717, 1.165) is 5.69 Å². The van der Waals surface area contributed by atoms with Gasteiger partial charge in [0.25, 0.3) is 5.69 Å². The Morgan fingerprint density at radius 1 is 1.38 bits per heavy atom. The van der Waals surface area contributed by atoms with Crippen molar-refractivity contribution < 1.29 is 4.92 Å². The van der Waals surface area contributed by atoms with Crippen LogP contribution >= 0.6 is 0 Å². The van der Waals surface area contributed by atoms with E-state index in [4.69, 9.17) is 5.26 Å². The van der Waals surface area contributed by atoms with Crippen LogP contribution in [0.4, 0.5) is 17.2 Å². The van der Waals surface area contributed by atoms with E-state index in [-0.39, 0.29) is 5.69 Å². The summed E-state index contributed by atoms with van der Waals surface area (Å²) in [6, 6.07) is 13.1. The third-order valence-electron chi connectivity index (χ3n) is 3.02. The van der Waals surface area contributed by atoms with Gasteiger partial charge in [-0.3, -0.25) is 10.1 Å². The molecule has 0 aliphatic heterocycles. The van der Waals surface area contributed by atoms with Gasteiger partial charge in [0, 0.05) is 18.3 Å². The van der Waals surface area contributed by atoms with Crippen molar-refractivity contribution in [2.75, 3.05) is 11.4 Å². The molecule has 106 valence electrons. The number of nitriles is 1. The fourth-order valence-corrected chi connectivity index (χ4v) is 2.06. The smallest absolute Gasteiger partial charge is 0.287 e. The van der Waals surface area contributed by atoms with Gasteiger partial charge >= 0.3 is 0 Å². The van der Waals surface area contributed by atoms with Gasteiger partial charge < -0.3 is 4.90 Å². The number of nitro groups is 1. The number of anilines is 2. The molecular weight excluding hydrogens is 268 g/mol. The summed E-state index contributed by atoms with van der Waals surface area (Å²) >= 11 is 0. The molecule has 1 heterocycles. The van der Waals surface area contributed by atoms with Crippen molar-refractivity contribution >= 4 is 17.2 Å². The van der Waals surface area contributed by atoms with Crippen LogP contribution in [0.1, 0.15) is 12.0 Å². The zero-order chi connectivity index (χ0) is 15.2. The van der Waals surface area contributed by atoms with Crippen LogP contribution in [-0.4, -0.2) is 16.5 Å². The number of hydrogen-bond donors (Lipinski definition) is 0. The molecule has 6 nitrogen and oxygen atoms in total. The molecule has 0 saturated heterocycles. The Labute approximate surface area is 122 Å². The first-order valence-electron chi connectivity index (χ1n) is 6.44. The summed E-state index contributed by atoms with van der Waals surface area (Å²) in [4.78, 5) is 16.4. The van der Waals surface area contributed by atoms with Crippen molar-refractivity contribution in [2.45, 2.75) is 13.3 Å². The average Bonchev–Trinajstić information content (AvgIpc) is 2.50. The maximum atomic E-state index is 10.8. The Morgan fingerprint density at radius 2 is 2.10 bits per heavy atom. The SMILES string of the molecule is Cc1cc([N+](=O)[O-])cnc1N(CCC#N)c1ccccc1. The molecule has 1 aromatic carbocycles. The minimum absolute atomic E-state index is 0.0375. The lowest BCUT2D eigenvalue weighted by atomic mass is 10.2. The van der Waals surface area contributed by atoms with Crippen molar-refractivity contribution in [3.05, 3.63) is 58.3 Å². The highest BCUT2D eigenvalue weighted by Gasteiger charge is 2.16. The van der Waals surface area contributed by atoms with Crippen molar-refractivity contribution in [2.24, 2.45) is 0 Å². The maximum absolute atomic E-state index is 10.8. The first-order chi connectivity index (χ1) is 10.1. The summed E-state index contributed by atoms with van der Waals surface area (Å²) in [6.07, 6.45) is 1.58. The predicted octanol–water partition coefficient (Wildman–Crippen LogP) is 3.35. The molecular formula is C15H14N4O2. The highest BCUT2D eigenvalue weighted by atomic mass is 16.6. The number of hydrogen-bond acceptors (Lipinski definition) is 5. The molecule has 2 rings (SSSR count). The predicted molar refractivity (Wildman–Crippen MR) is 79.3 cm³/mol. The first-order valence-corrected chi connectivity index (χ1v) is 6.44. The topological polar surface area (TPSA) is 83.1 Å². The van der Waals surface area contributed by atoms with Crippen LogP contribution in [0.5, 0.6) is 0 Å². The fourth-order valence-electron chi connectivity index (χ4n) is 2.06. The molecule has 0 unspecified atom stereocenters. The van der Waals surface area contributed by atoms with Gasteiger partial charge in [0.05, 0.1) is 17.4 Å². The minimum atomic E-state index is -0.466. The quantitative estimate of drug-likeness (QED) is 0.620. The summed E-state index contributed by atoms with van der Waals surface area (Å²) in [5.41, 5.74) is 1.56. The van der Waals surface area contributed by atoms with E-state index in [9.17, 15) is 10.1 Å². The van der Waals surface area contributed by atoms with Gasteiger partial charge in [-0.2, -0.15) is 5.26 Å². The van der Waals surface area contributed by atoms with E-state index in [1.165, 1.54) is 12.3 Å². The Morgan fingerprint density at radius 3 is 2.67 bits per heavy atom. The molecule has 0 amide bonds. The van der Waals surface area contributed by atoms with E-state index < -0.39 is 4.92 Å². The van der Waals surface area contributed by atoms with Gasteiger partial charge in [-0.1, -0.05) is 18.2 Å². The molecule has 0 spiro atoms. The number of nitrogens with zero attached hydrogens (tertiary/aromatic N) is 4. The zero-order valence-corrected chi connectivity index (χ0v) is 11.6. The van der Waals surface area contributed by atoms with Gasteiger partial charge in [0.1, 0.15) is 12.0 Å². The molecule has 0 radical (unpaired) electrons. The summed E-state index contributed by atoms with van der Waals surface area (Å²) in [7, 11) is 0. The number of para-hydroxylation sites is 1. The number of aromatic nitrogens is 1. The second-order valence-electron chi connectivity index (χ2n) is 4.49. The van der Waals surface area contributed by atoms with Crippen LogP contribution in [0.2, 0.25) is 0 Å². The molecule has 0 aliphatic rings. The second-order valence-corrected chi connectivity index (χ2v) is 4.49. The van der Waals surface area contributed by atoms with Gasteiger partial charge in [0.2, 0.25) is 0 Å². The zero-order valence-electron chi connectivity index (χ0n) is 11.6. The summed E-state index contributed by atoms with van der Waals surface area (Å²) in [5.74, 6) is 0.627. The molecule has 21 heavy (non-hydrogen) atoms. The number of rotatable bonds is 5. The lowest BCUT2D eigenvalue weighted by Crippen LogP contribution is -2.20. The van der Waals surface area contributed by atoms with E-state index in [1.807, 2.05) is 35.2 Å². The average molecular weight is 282 g/mol. The van der Waals surface area contributed by atoms with Gasteiger partial charge in [-0.05, 0) is 24.6 Å². The fraction of sp³-hybridized carbons (Fsp3) is 0.200. The van der Waals surface area contributed by atoms with E-state index >= 15 is 0 Å². The largest absolute Gasteiger partial charge is 0.325 e. The minimum Gasteiger partial charge on any atom is -0.325 e.